The minimum absolute atomic E-state index is 0. The van der Waals surface area contributed by atoms with Gasteiger partial charge in [-0.2, -0.15) is 0 Å². The third-order valence-electron chi connectivity index (χ3n) is 0.167. The van der Waals surface area contributed by atoms with Crippen molar-refractivity contribution in [1.29, 1.82) is 0 Å². The van der Waals surface area contributed by atoms with Crippen LogP contribution in [0.25, 0.3) is 0 Å². The summed E-state index contributed by atoms with van der Waals surface area (Å²) in [7, 11) is 0. The SMILES string of the molecule is C.C=CC.C=CC=C.CC.CC.CC.CC. The van der Waals surface area contributed by atoms with Crippen molar-refractivity contribution in [3.8, 4) is 0 Å². The lowest BCUT2D eigenvalue weighted by molar-refractivity contribution is 1.50. The maximum atomic E-state index is 3.36. The summed E-state index contributed by atoms with van der Waals surface area (Å²) < 4.78 is 0. The van der Waals surface area contributed by atoms with E-state index < -0.39 is 0 Å². The molecule has 0 nitrogen and oxygen atoms in total. The van der Waals surface area contributed by atoms with Crippen LogP contribution in [0.1, 0.15) is 69.7 Å². The van der Waals surface area contributed by atoms with E-state index in [9.17, 15) is 0 Å². The van der Waals surface area contributed by atoms with Crippen LogP contribution in [-0.2, 0) is 0 Å². The summed E-state index contributed by atoms with van der Waals surface area (Å²) >= 11 is 0. The van der Waals surface area contributed by atoms with E-state index in [0.717, 1.165) is 0 Å². The van der Waals surface area contributed by atoms with Gasteiger partial charge in [-0.05, 0) is 6.92 Å². The molecule has 0 aliphatic carbocycles. The normalized spacial score (nSPS) is 3.56. The average molecular weight is 232 g/mol. The van der Waals surface area contributed by atoms with Crippen LogP contribution in [0, 0.1) is 0 Å². The molecule has 0 bridgehead atoms. The van der Waals surface area contributed by atoms with Gasteiger partial charge >= 0.3 is 0 Å². The van der Waals surface area contributed by atoms with Crippen molar-refractivity contribution in [2.45, 2.75) is 69.7 Å². The number of rotatable bonds is 1. The number of hydrogen-bond donors (Lipinski definition) is 0. The third kappa shape index (κ3) is 40800. The molecule has 0 heteroatoms. The van der Waals surface area contributed by atoms with Gasteiger partial charge < -0.3 is 0 Å². The Kier molecular flexibility index (Phi) is 1440. The first-order valence-electron chi connectivity index (χ1n) is 6.14. The van der Waals surface area contributed by atoms with Gasteiger partial charge in [0.2, 0.25) is 0 Å². The van der Waals surface area contributed by atoms with Crippen LogP contribution >= 0.6 is 0 Å². The Bertz CT molecular complexity index is 45.1. The van der Waals surface area contributed by atoms with Gasteiger partial charge in [0.1, 0.15) is 0 Å². The maximum absolute atomic E-state index is 3.36. The lowest BCUT2D eigenvalue weighted by Gasteiger charge is -1.44. The molecule has 0 heterocycles. The first-order chi connectivity index (χ1) is 7.33. The zero-order valence-corrected chi connectivity index (χ0v) is 12.9. The molecule has 104 valence electrons. The molecule has 0 atom stereocenters. The zero-order chi connectivity index (χ0) is 14.1. The van der Waals surface area contributed by atoms with Gasteiger partial charge in [0.15, 0.2) is 0 Å². The predicted molar refractivity (Wildman–Crippen MR) is 88.4 cm³/mol. The lowest BCUT2D eigenvalue weighted by Crippen LogP contribution is -1.21. The van der Waals surface area contributed by atoms with Crippen molar-refractivity contribution in [3.63, 3.8) is 0 Å². The maximum Gasteiger partial charge on any atom is -0.0473 e. The molecule has 0 aliphatic rings. The Hall–Kier alpha value is -0.780. The van der Waals surface area contributed by atoms with Crippen molar-refractivity contribution >= 4 is 0 Å². The van der Waals surface area contributed by atoms with Crippen molar-refractivity contribution in [2.75, 3.05) is 0 Å². The second-order valence-electron chi connectivity index (χ2n) is 0.880. The van der Waals surface area contributed by atoms with Crippen molar-refractivity contribution < 1.29 is 0 Å². The van der Waals surface area contributed by atoms with Crippen LogP contribution in [0.4, 0.5) is 0 Å². The molecule has 16 heavy (non-hydrogen) atoms. The molecule has 0 unspecified atom stereocenters. The van der Waals surface area contributed by atoms with Gasteiger partial charge in [0.05, 0.1) is 0 Å². The molecule has 0 fully saturated rings. The van der Waals surface area contributed by atoms with E-state index in [-0.39, 0.29) is 7.43 Å². The third-order valence-corrected chi connectivity index (χ3v) is 0.167. The van der Waals surface area contributed by atoms with Crippen LogP contribution in [-0.4, -0.2) is 0 Å². The highest BCUT2D eigenvalue weighted by molar-refractivity contribution is 4.88. The number of hydrogen-bond acceptors (Lipinski definition) is 0. The minimum Gasteiger partial charge on any atom is -0.103 e. The van der Waals surface area contributed by atoms with Crippen LogP contribution in [0.5, 0.6) is 0 Å². The molecule has 0 saturated heterocycles. The minimum atomic E-state index is 0. The van der Waals surface area contributed by atoms with Crippen molar-refractivity contribution in [3.05, 3.63) is 38.0 Å². The van der Waals surface area contributed by atoms with Gasteiger partial charge in [0.25, 0.3) is 0 Å². The molecule has 0 N–H and O–H groups in total. The number of allylic oxidation sites excluding steroid dienone is 3. The molecule has 0 radical (unpaired) electrons. The highest BCUT2D eigenvalue weighted by atomic mass is 13.4. The van der Waals surface area contributed by atoms with E-state index in [2.05, 4.69) is 19.7 Å². The second-order valence-corrected chi connectivity index (χ2v) is 0.880. The second kappa shape index (κ2) is 504. The fourth-order valence-corrected chi connectivity index (χ4v) is 0. The lowest BCUT2D eigenvalue weighted by atomic mass is 10.6. The van der Waals surface area contributed by atoms with Gasteiger partial charge in [-0.25, -0.2) is 0 Å². The quantitative estimate of drug-likeness (QED) is 0.329. The Morgan fingerprint density at radius 3 is 0.625 bits per heavy atom. The summed E-state index contributed by atoms with van der Waals surface area (Å²) in [5.41, 5.74) is 0. The fourth-order valence-electron chi connectivity index (χ4n) is 0. The summed E-state index contributed by atoms with van der Waals surface area (Å²) in [6, 6.07) is 0. The van der Waals surface area contributed by atoms with Crippen molar-refractivity contribution in [2.24, 2.45) is 0 Å². The molecule has 0 aliphatic heterocycles. The molecule has 0 aromatic rings. The Morgan fingerprint density at radius 2 is 0.625 bits per heavy atom. The van der Waals surface area contributed by atoms with E-state index in [4.69, 9.17) is 0 Å². The zero-order valence-electron chi connectivity index (χ0n) is 12.9. The van der Waals surface area contributed by atoms with Crippen LogP contribution in [0.15, 0.2) is 38.0 Å². The summed E-state index contributed by atoms with van der Waals surface area (Å²) in [5.74, 6) is 0. The Morgan fingerprint density at radius 1 is 0.562 bits per heavy atom. The molecule has 0 aromatic heterocycles. The molecule has 0 rings (SSSR count). The summed E-state index contributed by atoms with van der Waals surface area (Å²) in [6.07, 6.45) is 5.03. The van der Waals surface area contributed by atoms with Gasteiger partial charge in [-0.15, -0.1) is 6.58 Å². The smallest absolute Gasteiger partial charge is 0.0473 e. The van der Waals surface area contributed by atoms with Crippen LogP contribution < -0.4 is 0 Å². The van der Waals surface area contributed by atoms with Crippen LogP contribution in [0.3, 0.4) is 0 Å². The first kappa shape index (κ1) is 45.5. The van der Waals surface area contributed by atoms with Crippen LogP contribution in [0.2, 0.25) is 0 Å². The highest BCUT2D eigenvalue weighted by Crippen LogP contribution is 1.52. The molecular formula is C16H40. The first-order valence-corrected chi connectivity index (χ1v) is 6.14. The summed E-state index contributed by atoms with van der Waals surface area (Å²) in [6.45, 7) is 28.0. The monoisotopic (exact) mass is 232 g/mol. The van der Waals surface area contributed by atoms with Gasteiger partial charge in [-0.1, -0.05) is 94.2 Å². The fraction of sp³-hybridized carbons (Fsp3) is 0.625. The predicted octanol–water partition coefficient (Wildman–Crippen LogP) is 7.29. The Balaban J connectivity index is -0.0000000124. The Labute approximate surface area is 108 Å². The van der Waals surface area contributed by atoms with E-state index in [1.54, 1.807) is 18.2 Å². The molecular weight excluding hydrogens is 192 g/mol. The van der Waals surface area contributed by atoms with E-state index in [1.807, 2.05) is 62.3 Å². The standard InChI is InChI=1S/C4H6.C3H6.4C2H6.CH4/c1-3-4-2;1-3-2;4*1-2;/h3-4H,1-2H2;3H,1H2,2H3;4*1-2H3;1H4. The molecule has 0 saturated carbocycles. The van der Waals surface area contributed by atoms with Crippen molar-refractivity contribution in [1.82, 2.24) is 0 Å². The van der Waals surface area contributed by atoms with E-state index in [0.29, 0.717) is 0 Å². The highest BCUT2D eigenvalue weighted by Gasteiger charge is 1.29. The largest absolute Gasteiger partial charge is 0.103 e. The summed E-state index contributed by atoms with van der Waals surface area (Å²) in [5, 5.41) is 0. The molecule has 0 amide bonds. The molecule has 0 aromatic carbocycles. The van der Waals surface area contributed by atoms with E-state index in [1.165, 1.54) is 0 Å². The topological polar surface area (TPSA) is 0 Å². The molecule has 0 spiro atoms. The van der Waals surface area contributed by atoms with Gasteiger partial charge in [-0.3, -0.25) is 0 Å². The average Bonchev–Trinajstić information content (AvgIpc) is 2.39. The van der Waals surface area contributed by atoms with E-state index >= 15 is 0 Å². The van der Waals surface area contributed by atoms with Gasteiger partial charge in [0, 0.05) is 0 Å². The summed E-state index contributed by atoms with van der Waals surface area (Å²) in [4.78, 5) is 0.